The van der Waals surface area contributed by atoms with Crippen molar-refractivity contribution in [1.29, 1.82) is 0 Å². The highest BCUT2D eigenvalue weighted by Crippen LogP contribution is 2.03. The summed E-state index contributed by atoms with van der Waals surface area (Å²) < 4.78 is 0. The molecule has 0 amide bonds. The molecule has 0 heterocycles. The number of carbonyl (C=O) groups is 1. The van der Waals surface area contributed by atoms with Crippen LogP contribution in [0.15, 0.2) is 5.11 Å². The Morgan fingerprint density at radius 3 is 2.81 bits per heavy atom. The molecule has 0 radical (unpaired) electrons. The van der Waals surface area contributed by atoms with Crippen LogP contribution in [0, 0.1) is 0 Å². The standard InChI is InChI=1S/C10H20N4O2/c1-2-3-4-6-9(10(15)16)12-7-5-8-13-14-11/h9,12H,2-8H2,1H3,(H,15,16). The molecule has 0 bridgehead atoms. The Hall–Kier alpha value is -1.26. The number of aliphatic carboxylic acids is 1. The Labute approximate surface area is 95.7 Å². The van der Waals surface area contributed by atoms with Gasteiger partial charge in [-0.2, -0.15) is 0 Å². The van der Waals surface area contributed by atoms with Gasteiger partial charge in [-0.1, -0.05) is 31.3 Å². The Bertz CT molecular complexity index is 239. The lowest BCUT2D eigenvalue weighted by molar-refractivity contribution is -0.139. The van der Waals surface area contributed by atoms with E-state index in [0.717, 1.165) is 19.3 Å². The first-order valence-corrected chi connectivity index (χ1v) is 5.69. The fourth-order valence-corrected chi connectivity index (χ4v) is 1.38. The van der Waals surface area contributed by atoms with Crippen LogP contribution in [0.5, 0.6) is 0 Å². The van der Waals surface area contributed by atoms with Gasteiger partial charge in [0, 0.05) is 11.5 Å². The zero-order chi connectivity index (χ0) is 12.2. The molecule has 16 heavy (non-hydrogen) atoms. The van der Waals surface area contributed by atoms with E-state index in [9.17, 15) is 4.79 Å². The fraction of sp³-hybridized carbons (Fsp3) is 0.900. The van der Waals surface area contributed by atoms with Crippen molar-refractivity contribution in [3.05, 3.63) is 10.4 Å². The van der Waals surface area contributed by atoms with Crippen molar-refractivity contribution in [2.75, 3.05) is 13.1 Å². The average Bonchev–Trinajstić information content (AvgIpc) is 2.26. The summed E-state index contributed by atoms with van der Waals surface area (Å²) in [6.45, 7) is 3.07. The van der Waals surface area contributed by atoms with Gasteiger partial charge in [0.05, 0.1) is 0 Å². The van der Waals surface area contributed by atoms with E-state index in [2.05, 4.69) is 22.3 Å². The highest BCUT2D eigenvalue weighted by molar-refractivity contribution is 5.73. The number of azide groups is 1. The highest BCUT2D eigenvalue weighted by Gasteiger charge is 2.14. The molecule has 0 saturated heterocycles. The normalized spacial score (nSPS) is 11.8. The second kappa shape index (κ2) is 10.3. The van der Waals surface area contributed by atoms with Gasteiger partial charge in [0.25, 0.3) is 0 Å². The number of nitrogens with one attached hydrogen (secondary N) is 1. The third kappa shape index (κ3) is 8.08. The van der Waals surface area contributed by atoms with Crippen LogP contribution >= 0.6 is 0 Å². The molecule has 0 aliphatic carbocycles. The minimum absolute atomic E-state index is 0.408. The van der Waals surface area contributed by atoms with E-state index < -0.39 is 12.0 Å². The molecular weight excluding hydrogens is 208 g/mol. The van der Waals surface area contributed by atoms with Crippen LogP contribution in [0.3, 0.4) is 0 Å². The van der Waals surface area contributed by atoms with Gasteiger partial charge in [-0.3, -0.25) is 4.79 Å². The Kier molecular flexibility index (Phi) is 9.46. The lowest BCUT2D eigenvalue weighted by Crippen LogP contribution is -2.37. The predicted octanol–water partition coefficient (Wildman–Crippen LogP) is 2.31. The second-order valence-electron chi connectivity index (χ2n) is 3.65. The van der Waals surface area contributed by atoms with E-state index in [1.165, 1.54) is 0 Å². The summed E-state index contributed by atoms with van der Waals surface area (Å²) in [4.78, 5) is 13.5. The summed E-state index contributed by atoms with van der Waals surface area (Å²) in [6, 6.07) is -0.474. The molecule has 0 spiro atoms. The van der Waals surface area contributed by atoms with Crippen LogP contribution in [-0.2, 0) is 4.79 Å². The van der Waals surface area contributed by atoms with Crippen LogP contribution in [0.25, 0.3) is 10.4 Å². The summed E-state index contributed by atoms with van der Waals surface area (Å²) in [5, 5.41) is 15.3. The van der Waals surface area contributed by atoms with Crippen molar-refractivity contribution in [1.82, 2.24) is 5.32 Å². The van der Waals surface area contributed by atoms with Crippen molar-refractivity contribution in [3.8, 4) is 0 Å². The molecule has 0 fully saturated rings. The van der Waals surface area contributed by atoms with E-state index in [1.54, 1.807) is 0 Å². The van der Waals surface area contributed by atoms with Gasteiger partial charge in [-0.05, 0) is 24.9 Å². The monoisotopic (exact) mass is 228 g/mol. The quantitative estimate of drug-likeness (QED) is 0.260. The molecule has 0 aromatic heterocycles. The van der Waals surface area contributed by atoms with Crippen LogP contribution in [-0.4, -0.2) is 30.2 Å². The molecule has 1 atom stereocenters. The van der Waals surface area contributed by atoms with Gasteiger partial charge in [-0.25, -0.2) is 0 Å². The molecule has 92 valence electrons. The number of unbranched alkanes of at least 4 members (excludes halogenated alkanes) is 2. The summed E-state index contributed by atoms with van der Waals surface area (Å²) in [5.41, 5.74) is 8.05. The maximum absolute atomic E-state index is 10.9. The lowest BCUT2D eigenvalue weighted by Gasteiger charge is -2.13. The van der Waals surface area contributed by atoms with Gasteiger partial charge in [0.2, 0.25) is 0 Å². The maximum atomic E-state index is 10.9. The smallest absolute Gasteiger partial charge is 0.320 e. The average molecular weight is 228 g/mol. The van der Waals surface area contributed by atoms with Crippen LogP contribution in [0.2, 0.25) is 0 Å². The number of carboxylic acid groups (broad SMARTS) is 1. The van der Waals surface area contributed by atoms with Gasteiger partial charge < -0.3 is 10.4 Å². The Balaban J connectivity index is 3.67. The Morgan fingerprint density at radius 2 is 2.25 bits per heavy atom. The van der Waals surface area contributed by atoms with Gasteiger partial charge >= 0.3 is 5.97 Å². The number of nitrogens with zero attached hydrogens (tertiary/aromatic N) is 3. The molecule has 0 rings (SSSR count). The van der Waals surface area contributed by atoms with Crippen LogP contribution < -0.4 is 5.32 Å². The maximum Gasteiger partial charge on any atom is 0.320 e. The summed E-state index contributed by atoms with van der Waals surface area (Å²) in [7, 11) is 0. The largest absolute Gasteiger partial charge is 0.480 e. The van der Waals surface area contributed by atoms with Crippen molar-refractivity contribution in [2.45, 2.75) is 45.1 Å². The first-order valence-electron chi connectivity index (χ1n) is 5.69. The number of rotatable bonds is 10. The first-order chi connectivity index (χ1) is 7.72. The lowest BCUT2D eigenvalue weighted by atomic mass is 10.1. The van der Waals surface area contributed by atoms with E-state index in [-0.39, 0.29) is 0 Å². The molecule has 1 unspecified atom stereocenters. The Morgan fingerprint density at radius 1 is 1.50 bits per heavy atom. The first kappa shape index (κ1) is 14.7. The predicted molar refractivity (Wildman–Crippen MR) is 62.2 cm³/mol. The van der Waals surface area contributed by atoms with E-state index in [0.29, 0.717) is 25.9 Å². The molecule has 0 aromatic rings. The number of hydrogen-bond acceptors (Lipinski definition) is 3. The molecule has 0 saturated carbocycles. The molecule has 6 nitrogen and oxygen atoms in total. The molecule has 0 aliphatic heterocycles. The third-order valence-electron chi connectivity index (χ3n) is 2.28. The minimum atomic E-state index is -0.806. The van der Waals surface area contributed by atoms with Crippen LogP contribution in [0.1, 0.15) is 39.0 Å². The highest BCUT2D eigenvalue weighted by atomic mass is 16.4. The second-order valence-corrected chi connectivity index (χ2v) is 3.65. The molecular formula is C10H20N4O2. The van der Waals surface area contributed by atoms with Crippen molar-refractivity contribution in [2.24, 2.45) is 5.11 Å². The van der Waals surface area contributed by atoms with E-state index in [1.807, 2.05) is 0 Å². The zero-order valence-corrected chi connectivity index (χ0v) is 9.72. The van der Waals surface area contributed by atoms with Gasteiger partial charge in [0.1, 0.15) is 6.04 Å². The van der Waals surface area contributed by atoms with Crippen LogP contribution in [0.4, 0.5) is 0 Å². The molecule has 2 N–H and O–H groups in total. The van der Waals surface area contributed by atoms with Gasteiger partial charge in [0.15, 0.2) is 0 Å². The van der Waals surface area contributed by atoms with E-state index >= 15 is 0 Å². The van der Waals surface area contributed by atoms with Crippen molar-refractivity contribution >= 4 is 5.97 Å². The fourth-order valence-electron chi connectivity index (χ4n) is 1.38. The van der Waals surface area contributed by atoms with E-state index in [4.69, 9.17) is 10.6 Å². The molecule has 6 heteroatoms. The summed E-state index contributed by atoms with van der Waals surface area (Å²) in [5.74, 6) is -0.806. The topological polar surface area (TPSA) is 98.1 Å². The number of carboxylic acids is 1. The third-order valence-corrected chi connectivity index (χ3v) is 2.28. The van der Waals surface area contributed by atoms with Gasteiger partial charge in [-0.15, -0.1) is 0 Å². The number of hydrogen-bond donors (Lipinski definition) is 2. The summed E-state index contributed by atoms with van der Waals surface area (Å²) >= 11 is 0. The molecule has 0 aliphatic rings. The summed E-state index contributed by atoms with van der Waals surface area (Å²) in [6.07, 6.45) is 4.40. The SMILES string of the molecule is CCCCCC(NCCCN=[N+]=[N-])C(=O)O. The minimum Gasteiger partial charge on any atom is -0.480 e. The van der Waals surface area contributed by atoms with Crippen molar-refractivity contribution < 1.29 is 9.90 Å². The van der Waals surface area contributed by atoms with Crippen molar-refractivity contribution in [3.63, 3.8) is 0 Å². The molecule has 0 aromatic carbocycles. The zero-order valence-electron chi connectivity index (χ0n) is 9.72.